The molecule has 0 radical (unpaired) electrons. The molecule has 0 bridgehead atoms. The maximum Gasteiger partial charge on any atom is 0.305 e. The van der Waals surface area contributed by atoms with E-state index in [0.717, 1.165) is 77.0 Å². The average Bonchev–Trinajstić information content (AvgIpc) is 2.66. The van der Waals surface area contributed by atoms with Crippen LogP contribution in [0.4, 0.5) is 0 Å². The van der Waals surface area contributed by atoms with Gasteiger partial charge in [-0.05, 0) is 32.1 Å². The molecule has 0 heterocycles. The van der Waals surface area contributed by atoms with Crippen LogP contribution in [0, 0.1) is 0 Å². The van der Waals surface area contributed by atoms with Crippen LogP contribution in [0.2, 0.25) is 0 Å². The average molecular weight is 389 g/mol. The van der Waals surface area contributed by atoms with Crippen molar-refractivity contribution in [2.24, 2.45) is 0 Å². The van der Waals surface area contributed by atoms with Crippen LogP contribution in [0.25, 0.3) is 0 Å². The summed E-state index contributed by atoms with van der Waals surface area (Å²) in [5.74, 6) is -0.489. The molecule has 0 spiro atoms. The van der Waals surface area contributed by atoms with Gasteiger partial charge in [-0.2, -0.15) is 0 Å². The Morgan fingerprint density at radius 1 is 0.481 bits per heavy atom. The number of carbonyl (C=O) groups excluding carboxylic acids is 2. The van der Waals surface area contributed by atoms with E-state index in [0.29, 0.717) is 19.6 Å². The van der Waals surface area contributed by atoms with Crippen molar-refractivity contribution >= 4 is 11.9 Å². The molecule has 6 heteroatoms. The second kappa shape index (κ2) is 21.2. The standard InChI is InChI=1S/C21H40O6/c22-16-9-5-1-3-7-11-18-26-20(24)14-13-15-21(25)27-19-12-8-4-2-6-10-17-23/h22-23H,1-19H2. The lowest BCUT2D eigenvalue weighted by atomic mass is 10.1. The van der Waals surface area contributed by atoms with Gasteiger partial charge in [-0.1, -0.05) is 51.4 Å². The lowest BCUT2D eigenvalue weighted by molar-refractivity contribution is -0.145. The summed E-state index contributed by atoms with van der Waals surface area (Å²) in [5, 5.41) is 17.4. The van der Waals surface area contributed by atoms with Gasteiger partial charge in [0.15, 0.2) is 0 Å². The van der Waals surface area contributed by atoms with Gasteiger partial charge in [-0.25, -0.2) is 0 Å². The molecule has 160 valence electrons. The number of carbonyl (C=O) groups is 2. The van der Waals surface area contributed by atoms with E-state index < -0.39 is 0 Å². The molecule has 6 nitrogen and oxygen atoms in total. The summed E-state index contributed by atoms with van der Waals surface area (Å²) in [6.07, 6.45) is 13.1. The predicted molar refractivity (Wildman–Crippen MR) is 105 cm³/mol. The Labute approximate surface area is 164 Å². The second-order valence-corrected chi connectivity index (χ2v) is 6.98. The molecular formula is C21H40O6. The van der Waals surface area contributed by atoms with Crippen molar-refractivity contribution in [1.82, 2.24) is 0 Å². The van der Waals surface area contributed by atoms with Crippen LogP contribution >= 0.6 is 0 Å². The molecule has 0 unspecified atom stereocenters. The first-order valence-electron chi connectivity index (χ1n) is 10.7. The normalized spacial score (nSPS) is 10.7. The van der Waals surface area contributed by atoms with Crippen molar-refractivity contribution < 1.29 is 29.3 Å². The van der Waals surface area contributed by atoms with Gasteiger partial charge in [0.1, 0.15) is 0 Å². The molecule has 0 aromatic carbocycles. The highest BCUT2D eigenvalue weighted by Crippen LogP contribution is 2.07. The number of hydrogen-bond acceptors (Lipinski definition) is 6. The van der Waals surface area contributed by atoms with Gasteiger partial charge < -0.3 is 19.7 Å². The zero-order chi connectivity index (χ0) is 20.0. The molecule has 0 rings (SSSR count). The van der Waals surface area contributed by atoms with Crippen molar-refractivity contribution in [1.29, 1.82) is 0 Å². The second-order valence-electron chi connectivity index (χ2n) is 6.98. The fourth-order valence-electron chi connectivity index (χ4n) is 2.74. The minimum absolute atomic E-state index is 0.244. The van der Waals surface area contributed by atoms with E-state index in [1.165, 1.54) is 0 Å². The highest BCUT2D eigenvalue weighted by molar-refractivity contribution is 5.72. The summed E-state index contributed by atoms with van der Waals surface area (Å²) in [7, 11) is 0. The molecule has 0 aliphatic carbocycles. The van der Waals surface area contributed by atoms with Crippen molar-refractivity contribution in [2.45, 2.75) is 96.3 Å². The first-order chi connectivity index (χ1) is 13.2. The third-order valence-electron chi connectivity index (χ3n) is 4.39. The molecular weight excluding hydrogens is 348 g/mol. The number of ether oxygens (including phenoxy) is 2. The van der Waals surface area contributed by atoms with Gasteiger partial charge in [0.2, 0.25) is 0 Å². The monoisotopic (exact) mass is 388 g/mol. The zero-order valence-electron chi connectivity index (χ0n) is 17.0. The van der Waals surface area contributed by atoms with Gasteiger partial charge in [0.05, 0.1) is 13.2 Å². The SMILES string of the molecule is O=C(CCCC(=O)OCCCCCCCCO)OCCCCCCCCO. The van der Waals surface area contributed by atoms with Crippen molar-refractivity contribution in [3.05, 3.63) is 0 Å². The zero-order valence-corrected chi connectivity index (χ0v) is 17.0. The summed E-state index contributed by atoms with van der Waals surface area (Å²) >= 11 is 0. The smallest absolute Gasteiger partial charge is 0.305 e. The molecule has 0 aliphatic rings. The summed E-state index contributed by atoms with van der Waals surface area (Å²) in [5.41, 5.74) is 0. The molecule has 0 saturated heterocycles. The number of aliphatic hydroxyl groups is 2. The molecule has 0 aliphatic heterocycles. The van der Waals surface area contributed by atoms with Crippen LogP contribution in [0.1, 0.15) is 96.3 Å². The highest BCUT2D eigenvalue weighted by atomic mass is 16.5. The number of aliphatic hydroxyl groups excluding tert-OH is 2. The number of hydrogen-bond donors (Lipinski definition) is 2. The maximum absolute atomic E-state index is 11.6. The van der Waals surface area contributed by atoms with Gasteiger partial charge in [0.25, 0.3) is 0 Å². The van der Waals surface area contributed by atoms with Crippen molar-refractivity contribution in [2.75, 3.05) is 26.4 Å². The summed E-state index contributed by atoms with van der Waals surface area (Å²) in [4.78, 5) is 23.2. The molecule has 0 atom stereocenters. The van der Waals surface area contributed by atoms with Crippen LogP contribution in [0.5, 0.6) is 0 Å². The lowest BCUT2D eigenvalue weighted by Crippen LogP contribution is -2.09. The van der Waals surface area contributed by atoms with Gasteiger partial charge in [-0.3, -0.25) is 9.59 Å². The van der Waals surface area contributed by atoms with E-state index in [4.69, 9.17) is 19.7 Å². The minimum Gasteiger partial charge on any atom is -0.466 e. The fourth-order valence-corrected chi connectivity index (χ4v) is 2.74. The summed E-state index contributed by atoms with van der Waals surface area (Å²) in [6, 6.07) is 0. The van der Waals surface area contributed by atoms with Crippen LogP contribution in [-0.4, -0.2) is 48.6 Å². The van der Waals surface area contributed by atoms with Crippen LogP contribution in [0.15, 0.2) is 0 Å². The van der Waals surface area contributed by atoms with Crippen LogP contribution in [-0.2, 0) is 19.1 Å². The van der Waals surface area contributed by atoms with E-state index in [9.17, 15) is 9.59 Å². The van der Waals surface area contributed by atoms with Crippen molar-refractivity contribution in [3.63, 3.8) is 0 Å². The Morgan fingerprint density at radius 3 is 1.19 bits per heavy atom. The maximum atomic E-state index is 11.6. The van der Waals surface area contributed by atoms with Crippen LogP contribution < -0.4 is 0 Å². The molecule has 0 aromatic heterocycles. The summed E-state index contributed by atoms with van der Waals surface area (Å²) < 4.78 is 10.3. The third kappa shape index (κ3) is 21.0. The first-order valence-corrected chi connectivity index (χ1v) is 10.7. The quantitative estimate of drug-likeness (QED) is 0.243. The van der Waals surface area contributed by atoms with E-state index in [-0.39, 0.29) is 38.0 Å². The number of esters is 2. The Balaban J connectivity index is 3.31. The predicted octanol–water partition coefficient (Wildman–Crippen LogP) is 3.91. The molecule has 0 amide bonds. The Morgan fingerprint density at radius 2 is 0.815 bits per heavy atom. The van der Waals surface area contributed by atoms with Crippen molar-refractivity contribution in [3.8, 4) is 0 Å². The first kappa shape index (κ1) is 25.9. The van der Waals surface area contributed by atoms with Crippen LogP contribution in [0.3, 0.4) is 0 Å². The largest absolute Gasteiger partial charge is 0.466 e. The molecule has 2 N–H and O–H groups in total. The third-order valence-corrected chi connectivity index (χ3v) is 4.39. The van der Waals surface area contributed by atoms with E-state index in [1.54, 1.807) is 0 Å². The topological polar surface area (TPSA) is 93.1 Å². The van der Waals surface area contributed by atoms with E-state index in [1.807, 2.05) is 0 Å². The van der Waals surface area contributed by atoms with E-state index in [2.05, 4.69) is 0 Å². The van der Waals surface area contributed by atoms with Gasteiger partial charge >= 0.3 is 11.9 Å². The lowest BCUT2D eigenvalue weighted by Gasteiger charge is -2.06. The minimum atomic E-state index is -0.244. The Hall–Kier alpha value is -1.14. The molecule has 27 heavy (non-hydrogen) atoms. The summed E-state index contributed by atoms with van der Waals surface area (Å²) in [6.45, 7) is 1.41. The Bertz CT molecular complexity index is 314. The molecule has 0 aromatic rings. The highest BCUT2D eigenvalue weighted by Gasteiger charge is 2.07. The number of rotatable bonds is 20. The van der Waals surface area contributed by atoms with Gasteiger partial charge in [-0.15, -0.1) is 0 Å². The van der Waals surface area contributed by atoms with Gasteiger partial charge in [0, 0.05) is 26.1 Å². The van der Waals surface area contributed by atoms with E-state index >= 15 is 0 Å². The fraction of sp³-hybridized carbons (Fsp3) is 0.905. The molecule has 0 fully saturated rings. The number of unbranched alkanes of at least 4 members (excludes halogenated alkanes) is 10. The Kier molecular flexibility index (Phi) is 20.3. The molecule has 0 saturated carbocycles.